The minimum absolute atomic E-state index is 0.697. The van der Waals surface area contributed by atoms with Gasteiger partial charge >= 0.3 is 0 Å². The van der Waals surface area contributed by atoms with Crippen LogP contribution in [0.1, 0.15) is 0 Å². The summed E-state index contributed by atoms with van der Waals surface area (Å²) >= 11 is 0.963. The van der Waals surface area contributed by atoms with Gasteiger partial charge in [-0.1, -0.05) is 0 Å². The lowest BCUT2D eigenvalue weighted by atomic mass is 10.4. The van der Waals surface area contributed by atoms with Crippen molar-refractivity contribution < 1.29 is 8.37 Å². The molecule has 2 rings (SSSR count). The minimum Gasteiger partial charge on any atom is -0.387 e. The largest absolute Gasteiger partial charge is 0.387 e. The van der Waals surface area contributed by atoms with Crippen molar-refractivity contribution in [2.24, 2.45) is 0 Å². The zero-order valence-electron chi connectivity index (χ0n) is 4.40. The van der Waals surface area contributed by atoms with Gasteiger partial charge in [0.15, 0.2) is 5.75 Å². The molecule has 4 heteroatoms. The molecule has 0 atom stereocenters. The highest BCUT2D eigenvalue weighted by atomic mass is 32.2. The summed E-state index contributed by atoms with van der Waals surface area (Å²) in [5, 5.41) is 0. The molecule has 0 bridgehead atoms. The average Bonchev–Trinajstić information content (AvgIpc) is 2.33. The van der Waals surface area contributed by atoms with E-state index in [1.807, 2.05) is 0 Å². The molecule has 0 spiro atoms. The van der Waals surface area contributed by atoms with E-state index in [1.54, 1.807) is 18.5 Å². The van der Waals surface area contributed by atoms with Gasteiger partial charge in [0.2, 0.25) is 5.75 Å². The van der Waals surface area contributed by atoms with Crippen molar-refractivity contribution in [3.8, 4) is 11.5 Å². The number of pyridine rings is 1. The van der Waals surface area contributed by atoms with Crippen molar-refractivity contribution in [2.75, 3.05) is 0 Å². The van der Waals surface area contributed by atoms with Crippen LogP contribution in [0.4, 0.5) is 0 Å². The van der Waals surface area contributed by atoms with Crippen LogP contribution in [0.15, 0.2) is 18.5 Å². The lowest BCUT2D eigenvalue weighted by molar-refractivity contribution is 0.630. The van der Waals surface area contributed by atoms with E-state index in [0.29, 0.717) is 5.75 Å². The van der Waals surface area contributed by atoms with Crippen LogP contribution in [0.25, 0.3) is 0 Å². The fraction of sp³-hybridized carbons (Fsp3) is 0. The lowest BCUT2D eigenvalue weighted by Gasteiger charge is -1.86. The Hall–Kier alpha value is -0.900. The second-order valence-electron chi connectivity index (χ2n) is 1.56. The quantitative estimate of drug-likeness (QED) is 0.511. The Morgan fingerprint density at radius 3 is 3.11 bits per heavy atom. The third-order valence-corrected chi connectivity index (χ3v) is 1.49. The number of fused-ring (bicyclic) bond motifs is 1. The molecule has 3 nitrogen and oxygen atoms in total. The zero-order valence-corrected chi connectivity index (χ0v) is 5.22. The van der Waals surface area contributed by atoms with Gasteiger partial charge in [-0.3, -0.25) is 4.98 Å². The average molecular weight is 141 g/mol. The van der Waals surface area contributed by atoms with Gasteiger partial charge in [0.25, 0.3) is 12.3 Å². The Morgan fingerprint density at radius 1 is 1.33 bits per heavy atom. The Kier molecular flexibility index (Phi) is 0.989. The predicted octanol–water partition coefficient (Wildman–Crippen LogP) is 1.42. The number of rotatable bonds is 0. The van der Waals surface area contributed by atoms with Crippen molar-refractivity contribution in [1.29, 1.82) is 0 Å². The molecule has 0 aromatic carbocycles. The summed E-state index contributed by atoms with van der Waals surface area (Å²) in [5.41, 5.74) is 0. The van der Waals surface area contributed by atoms with E-state index in [0.717, 1.165) is 18.1 Å². The van der Waals surface area contributed by atoms with Gasteiger partial charge in [-0.05, 0) is 0 Å². The molecule has 0 unspecified atom stereocenters. The van der Waals surface area contributed by atoms with Crippen LogP contribution >= 0.6 is 12.3 Å². The first kappa shape index (κ1) is 4.93. The molecule has 0 aliphatic carbocycles. The van der Waals surface area contributed by atoms with E-state index < -0.39 is 0 Å². The van der Waals surface area contributed by atoms with E-state index >= 15 is 0 Å². The van der Waals surface area contributed by atoms with Gasteiger partial charge < -0.3 is 8.37 Å². The molecule has 1 aliphatic heterocycles. The molecular formula is C5H3NO2S. The van der Waals surface area contributed by atoms with E-state index in [4.69, 9.17) is 8.37 Å². The van der Waals surface area contributed by atoms with Crippen molar-refractivity contribution in [1.82, 2.24) is 4.98 Å². The Balaban J connectivity index is 2.54. The zero-order chi connectivity index (χ0) is 6.10. The maximum absolute atomic E-state index is 4.95. The van der Waals surface area contributed by atoms with Crippen molar-refractivity contribution in [3.63, 3.8) is 0 Å². The van der Waals surface area contributed by atoms with Crippen molar-refractivity contribution >= 4 is 12.3 Å². The Morgan fingerprint density at radius 2 is 2.22 bits per heavy atom. The molecular weight excluding hydrogens is 138 g/mol. The van der Waals surface area contributed by atoms with E-state index in [9.17, 15) is 0 Å². The fourth-order valence-electron chi connectivity index (χ4n) is 0.589. The summed E-state index contributed by atoms with van der Waals surface area (Å²) in [7, 11) is 0. The molecule has 46 valence electrons. The Bertz CT molecular complexity index is 205. The summed E-state index contributed by atoms with van der Waals surface area (Å²) < 4.78 is 9.88. The molecule has 1 aromatic heterocycles. The number of nitrogens with zero attached hydrogens (tertiary/aromatic N) is 1. The molecule has 0 saturated heterocycles. The molecule has 0 radical (unpaired) electrons. The maximum atomic E-state index is 4.95. The molecule has 0 amide bonds. The lowest BCUT2D eigenvalue weighted by Crippen LogP contribution is -1.71. The van der Waals surface area contributed by atoms with Crippen LogP contribution in [0.5, 0.6) is 11.5 Å². The molecule has 2 heterocycles. The van der Waals surface area contributed by atoms with Crippen LogP contribution in [0, 0.1) is 0 Å². The minimum atomic E-state index is 0.697. The molecule has 9 heavy (non-hydrogen) atoms. The normalized spacial score (nSPS) is 13.8. The highest BCUT2D eigenvalue weighted by Crippen LogP contribution is 2.36. The monoisotopic (exact) mass is 141 g/mol. The van der Waals surface area contributed by atoms with E-state index in [2.05, 4.69) is 4.98 Å². The first-order chi connectivity index (χ1) is 4.47. The Labute approximate surface area is 56.4 Å². The van der Waals surface area contributed by atoms with Gasteiger partial charge in [0.05, 0.1) is 6.20 Å². The van der Waals surface area contributed by atoms with Crippen LogP contribution in [-0.4, -0.2) is 4.98 Å². The van der Waals surface area contributed by atoms with Crippen molar-refractivity contribution in [3.05, 3.63) is 18.5 Å². The summed E-state index contributed by atoms with van der Waals surface area (Å²) in [6.07, 6.45) is 3.28. The van der Waals surface area contributed by atoms with Crippen LogP contribution < -0.4 is 8.37 Å². The molecule has 1 aromatic rings. The van der Waals surface area contributed by atoms with Crippen molar-refractivity contribution in [2.45, 2.75) is 0 Å². The SMILES string of the molecule is c1cc2c(cn1)OSO2. The summed E-state index contributed by atoms with van der Waals surface area (Å²) in [6.45, 7) is 0. The number of hydrogen-bond donors (Lipinski definition) is 0. The van der Waals surface area contributed by atoms with Gasteiger partial charge in [-0.15, -0.1) is 0 Å². The molecule has 1 aliphatic rings. The standard InChI is InChI=1S/C5H3NO2S/c1-2-6-3-5-4(1)7-9-8-5/h1-3H. The highest BCUT2D eigenvalue weighted by molar-refractivity contribution is 7.90. The highest BCUT2D eigenvalue weighted by Gasteiger charge is 2.13. The fourth-order valence-corrected chi connectivity index (χ4v) is 1.03. The molecule has 0 fully saturated rings. The summed E-state index contributed by atoms with van der Waals surface area (Å²) in [4.78, 5) is 3.84. The number of aromatic nitrogens is 1. The molecule has 0 saturated carbocycles. The van der Waals surface area contributed by atoms with Crippen LogP contribution in [0.3, 0.4) is 0 Å². The van der Waals surface area contributed by atoms with E-state index in [-0.39, 0.29) is 0 Å². The third-order valence-electron chi connectivity index (χ3n) is 0.994. The first-order valence-electron chi connectivity index (χ1n) is 2.42. The topological polar surface area (TPSA) is 31.4 Å². The number of hydrogen-bond acceptors (Lipinski definition) is 4. The van der Waals surface area contributed by atoms with Crippen LogP contribution in [0.2, 0.25) is 0 Å². The van der Waals surface area contributed by atoms with Gasteiger partial charge in [-0.25, -0.2) is 0 Å². The molecule has 0 N–H and O–H groups in total. The third kappa shape index (κ3) is 0.712. The van der Waals surface area contributed by atoms with Gasteiger partial charge in [0.1, 0.15) is 0 Å². The second-order valence-corrected chi connectivity index (χ2v) is 2.03. The van der Waals surface area contributed by atoms with Crippen LogP contribution in [-0.2, 0) is 0 Å². The summed E-state index contributed by atoms with van der Waals surface area (Å²) in [5.74, 6) is 1.44. The summed E-state index contributed by atoms with van der Waals surface area (Å²) in [6, 6.07) is 1.76. The smallest absolute Gasteiger partial charge is 0.293 e. The van der Waals surface area contributed by atoms with E-state index in [1.165, 1.54) is 0 Å². The van der Waals surface area contributed by atoms with Gasteiger partial charge in [0, 0.05) is 12.3 Å². The predicted molar refractivity (Wildman–Crippen MR) is 33.1 cm³/mol. The van der Waals surface area contributed by atoms with Gasteiger partial charge in [-0.2, -0.15) is 0 Å². The maximum Gasteiger partial charge on any atom is 0.293 e. The second kappa shape index (κ2) is 1.80. The first-order valence-corrected chi connectivity index (χ1v) is 3.09.